The fourth-order valence-electron chi connectivity index (χ4n) is 1.97. The summed E-state index contributed by atoms with van der Waals surface area (Å²) in [6, 6.07) is 3.41. The van der Waals surface area contributed by atoms with Gasteiger partial charge in [-0.1, -0.05) is 6.92 Å². The molecule has 1 aromatic carbocycles. The number of hydrogen-bond donors (Lipinski definition) is 0. The van der Waals surface area contributed by atoms with E-state index in [9.17, 15) is 18.0 Å². The van der Waals surface area contributed by atoms with Crippen LogP contribution in [-0.2, 0) is 12.6 Å². The van der Waals surface area contributed by atoms with Crippen molar-refractivity contribution in [2.45, 2.75) is 26.4 Å². The van der Waals surface area contributed by atoms with Crippen molar-refractivity contribution in [3.05, 3.63) is 45.3 Å². The molecule has 0 bridgehead atoms. The van der Waals surface area contributed by atoms with Crippen molar-refractivity contribution in [3.8, 4) is 0 Å². The van der Waals surface area contributed by atoms with E-state index in [1.165, 1.54) is 12.1 Å². The second-order valence-electron chi connectivity index (χ2n) is 4.11. The third kappa shape index (κ3) is 2.12. The van der Waals surface area contributed by atoms with Gasteiger partial charge in [-0.2, -0.15) is 13.2 Å². The molecule has 0 saturated heterocycles. The SMILES string of the molecule is CCc1cc2oc(=O)cc(C(F)(F)F)c2cc1C. The van der Waals surface area contributed by atoms with Crippen molar-refractivity contribution >= 4 is 11.0 Å². The van der Waals surface area contributed by atoms with Crippen LogP contribution in [-0.4, -0.2) is 0 Å². The Morgan fingerprint density at radius 3 is 2.44 bits per heavy atom. The minimum atomic E-state index is -4.56. The first-order chi connectivity index (χ1) is 8.32. The molecule has 2 nitrogen and oxygen atoms in total. The highest BCUT2D eigenvalue weighted by Crippen LogP contribution is 2.34. The summed E-state index contributed by atoms with van der Waals surface area (Å²) >= 11 is 0. The standard InChI is InChI=1S/C13H11F3O2/c1-3-8-5-11-9(4-7(8)2)10(13(14,15)16)6-12(17)18-11/h4-6H,3H2,1-2H3. The molecule has 1 aromatic heterocycles. The van der Waals surface area contributed by atoms with Gasteiger partial charge in [0.1, 0.15) is 5.58 Å². The lowest BCUT2D eigenvalue weighted by Crippen LogP contribution is -2.11. The van der Waals surface area contributed by atoms with Crippen molar-refractivity contribution in [2.24, 2.45) is 0 Å². The molecule has 0 radical (unpaired) electrons. The molecule has 0 atom stereocenters. The van der Waals surface area contributed by atoms with Gasteiger partial charge in [-0.3, -0.25) is 0 Å². The van der Waals surface area contributed by atoms with Gasteiger partial charge in [-0.15, -0.1) is 0 Å². The molecule has 0 aliphatic rings. The topological polar surface area (TPSA) is 30.2 Å². The lowest BCUT2D eigenvalue weighted by atomic mass is 10.0. The number of halogens is 3. The smallest absolute Gasteiger partial charge is 0.417 e. The molecule has 96 valence electrons. The lowest BCUT2D eigenvalue weighted by Gasteiger charge is -2.11. The monoisotopic (exact) mass is 256 g/mol. The summed E-state index contributed by atoms with van der Waals surface area (Å²) < 4.78 is 43.3. The quantitative estimate of drug-likeness (QED) is 0.728. The second kappa shape index (κ2) is 4.15. The van der Waals surface area contributed by atoms with E-state index in [2.05, 4.69) is 0 Å². The summed E-state index contributed by atoms with van der Waals surface area (Å²) in [5.41, 5.74) is -0.327. The maximum atomic E-state index is 12.8. The van der Waals surface area contributed by atoms with Crippen LogP contribution in [0.25, 0.3) is 11.0 Å². The molecule has 2 rings (SSSR count). The average Bonchev–Trinajstić information content (AvgIpc) is 2.26. The first-order valence-corrected chi connectivity index (χ1v) is 5.47. The molecule has 0 N–H and O–H groups in total. The van der Waals surface area contributed by atoms with Gasteiger partial charge in [0.2, 0.25) is 0 Å². The molecule has 0 unspecified atom stereocenters. The van der Waals surface area contributed by atoms with Crippen molar-refractivity contribution in [1.82, 2.24) is 0 Å². The Morgan fingerprint density at radius 2 is 1.89 bits per heavy atom. The van der Waals surface area contributed by atoms with Crippen LogP contribution < -0.4 is 5.63 Å². The maximum absolute atomic E-state index is 12.8. The van der Waals surface area contributed by atoms with Crippen LogP contribution >= 0.6 is 0 Å². The molecule has 5 heteroatoms. The number of benzene rings is 1. The van der Waals surface area contributed by atoms with Crippen LogP contribution in [0.5, 0.6) is 0 Å². The summed E-state index contributed by atoms with van der Waals surface area (Å²) in [6.45, 7) is 3.63. The van der Waals surface area contributed by atoms with Crippen LogP contribution in [0.2, 0.25) is 0 Å². The van der Waals surface area contributed by atoms with Gasteiger partial charge in [0.15, 0.2) is 0 Å². The Bertz CT molecular complexity index is 654. The van der Waals surface area contributed by atoms with Crippen molar-refractivity contribution in [2.75, 3.05) is 0 Å². The third-order valence-corrected chi connectivity index (χ3v) is 2.89. The highest BCUT2D eigenvalue weighted by atomic mass is 19.4. The summed E-state index contributed by atoms with van der Waals surface area (Å²) in [7, 11) is 0. The van der Waals surface area contributed by atoms with Crippen LogP contribution in [0, 0.1) is 6.92 Å². The summed E-state index contributed by atoms with van der Waals surface area (Å²) in [5, 5.41) is -0.0724. The molecule has 0 amide bonds. The zero-order valence-electron chi connectivity index (χ0n) is 9.89. The summed E-state index contributed by atoms with van der Waals surface area (Å²) in [4.78, 5) is 11.2. The normalized spacial score (nSPS) is 12.1. The Balaban J connectivity index is 2.88. The number of alkyl halides is 3. The number of rotatable bonds is 1. The Kier molecular flexibility index (Phi) is 2.92. The molecule has 0 aliphatic heterocycles. The van der Waals surface area contributed by atoms with Gasteiger partial charge in [-0.25, -0.2) is 4.79 Å². The molecule has 0 saturated carbocycles. The molecule has 0 spiro atoms. The summed E-state index contributed by atoms with van der Waals surface area (Å²) in [6.07, 6.45) is -3.89. The zero-order chi connectivity index (χ0) is 13.5. The maximum Gasteiger partial charge on any atom is 0.417 e. The van der Waals surface area contributed by atoms with E-state index in [1.54, 1.807) is 6.92 Å². The predicted octanol–water partition coefficient (Wildman–Crippen LogP) is 3.68. The van der Waals surface area contributed by atoms with E-state index in [0.717, 1.165) is 11.1 Å². The van der Waals surface area contributed by atoms with Gasteiger partial charge in [0.25, 0.3) is 0 Å². The molecule has 0 fully saturated rings. The Morgan fingerprint density at radius 1 is 1.22 bits per heavy atom. The highest BCUT2D eigenvalue weighted by molar-refractivity contribution is 5.82. The van der Waals surface area contributed by atoms with E-state index < -0.39 is 17.4 Å². The minimum absolute atomic E-state index is 0.0164. The lowest BCUT2D eigenvalue weighted by molar-refractivity contribution is -0.136. The molecular weight excluding hydrogens is 245 g/mol. The fraction of sp³-hybridized carbons (Fsp3) is 0.308. The minimum Gasteiger partial charge on any atom is -0.423 e. The van der Waals surface area contributed by atoms with E-state index in [-0.39, 0.29) is 11.0 Å². The molecular formula is C13H11F3O2. The van der Waals surface area contributed by atoms with Crippen LogP contribution in [0.4, 0.5) is 13.2 Å². The van der Waals surface area contributed by atoms with E-state index in [0.29, 0.717) is 12.5 Å². The van der Waals surface area contributed by atoms with Crippen LogP contribution in [0.1, 0.15) is 23.6 Å². The van der Waals surface area contributed by atoms with Crippen LogP contribution in [0.3, 0.4) is 0 Å². The van der Waals surface area contributed by atoms with Gasteiger partial charge in [0.05, 0.1) is 5.56 Å². The fourth-order valence-corrected chi connectivity index (χ4v) is 1.97. The van der Waals surface area contributed by atoms with Gasteiger partial charge < -0.3 is 4.42 Å². The molecule has 2 aromatic rings. The van der Waals surface area contributed by atoms with E-state index in [1.807, 2.05) is 6.92 Å². The molecule has 0 aliphatic carbocycles. The van der Waals surface area contributed by atoms with Crippen molar-refractivity contribution < 1.29 is 17.6 Å². The predicted molar refractivity (Wildman–Crippen MR) is 61.6 cm³/mol. The Hall–Kier alpha value is -1.78. The molecule has 1 heterocycles. The third-order valence-electron chi connectivity index (χ3n) is 2.89. The zero-order valence-corrected chi connectivity index (χ0v) is 9.89. The van der Waals surface area contributed by atoms with Gasteiger partial charge in [-0.05, 0) is 36.6 Å². The average molecular weight is 256 g/mol. The number of hydrogen-bond acceptors (Lipinski definition) is 2. The van der Waals surface area contributed by atoms with E-state index >= 15 is 0 Å². The second-order valence-corrected chi connectivity index (χ2v) is 4.11. The largest absolute Gasteiger partial charge is 0.423 e. The molecule has 18 heavy (non-hydrogen) atoms. The number of aryl methyl sites for hydroxylation is 2. The summed E-state index contributed by atoms with van der Waals surface area (Å²) in [5.74, 6) is 0. The van der Waals surface area contributed by atoms with Crippen molar-refractivity contribution in [1.29, 1.82) is 0 Å². The first-order valence-electron chi connectivity index (χ1n) is 5.47. The number of fused-ring (bicyclic) bond motifs is 1. The van der Waals surface area contributed by atoms with E-state index in [4.69, 9.17) is 4.42 Å². The van der Waals surface area contributed by atoms with Crippen LogP contribution in [0.15, 0.2) is 27.4 Å². The van der Waals surface area contributed by atoms with Gasteiger partial charge in [0, 0.05) is 11.5 Å². The highest BCUT2D eigenvalue weighted by Gasteiger charge is 2.33. The first kappa shape index (κ1) is 12.7. The van der Waals surface area contributed by atoms with Gasteiger partial charge >= 0.3 is 11.8 Å². The Labute approximate surface area is 101 Å². The van der Waals surface area contributed by atoms with Crippen molar-refractivity contribution in [3.63, 3.8) is 0 Å².